The third-order valence-corrected chi connectivity index (χ3v) is 4.91. The second-order valence-electron chi connectivity index (χ2n) is 6.60. The first-order valence-electron chi connectivity index (χ1n) is 8.95. The van der Waals surface area contributed by atoms with E-state index < -0.39 is 6.04 Å². The Balaban J connectivity index is 0.00000312. The van der Waals surface area contributed by atoms with Crippen LogP contribution in [0.5, 0.6) is 0 Å². The van der Waals surface area contributed by atoms with Gasteiger partial charge in [-0.3, -0.25) is 9.59 Å². The van der Waals surface area contributed by atoms with Crippen molar-refractivity contribution in [2.75, 3.05) is 18.4 Å². The Kier molecular flexibility index (Phi) is 8.93. The first-order valence-corrected chi connectivity index (χ1v) is 8.95. The lowest BCUT2D eigenvalue weighted by Gasteiger charge is -2.32. The van der Waals surface area contributed by atoms with Crippen LogP contribution in [0.15, 0.2) is 30.3 Å². The molecule has 1 aliphatic carbocycles. The highest BCUT2D eigenvalue weighted by Gasteiger charge is 2.37. The number of halogens is 1. The van der Waals surface area contributed by atoms with Gasteiger partial charge in [-0.05, 0) is 50.8 Å². The number of carbonyl (C=O) groups excluding carboxylic acids is 2. The van der Waals surface area contributed by atoms with Gasteiger partial charge in [0.2, 0.25) is 11.8 Å². The normalized spacial score (nSPS) is 20.4. The smallest absolute Gasteiger partial charge is 0.246 e. The van der Waals surface area contributed by atoms with E-state index >= 15 is 0 Å². The lowest BCUT2D eigenvalue weighted by atomic mass is 9.94. The molecule has 3 N–H and O–H groups in total. The van der Waals surface area contributed by atoms with Crippen molar-refractivity contribution in [2.24, 2.45) is 17.6 Å². The van der Waals surface area contributed by atoms with Crippen molar-refractivity contribution < 1.29 is 9.59 Å². The van der Waals surface area contributed by atoms with Crippen LogP contribution < -0.4 is 11.1 Å². The largest absolute Gasteiger partial charge is 0.331 e. The maximum atomic E-state index is 13.0. The third kappa shape index (κ3) is 5.44. The summed E-state index contributed by atoms with van der Waals surface area (Å²) in [6.45, 7) is 4.96. The molecule has 0 saturated heterocycles. The molecule has 0 aromatic heterocycles. The van der Waals surface area contributed by atoms with Crippen LogP contribution >= 0.6 is 12.4 Å². The molecule has 1 aromatic rings. The van der Waals surface area contributed by atoms with Crippen molar-refractivity contribution in [3.63, 3.8) is 0 Å². The third-order valence-electron chi connectivity index (χ3n) is 4.91. The first kappa shape index (κ1) is 21.5. The van der Waals surface area contributed by atoms with E-state index in [1.54, 1.807) is 11.8 Å². The van der Waals surface area contributed by atoms with Gasteiger partial charge >= 0.3 is 0 Å². The van der Waals surface area contributed by atoms with Crippen LogP contribution in [0.2, 0.25) is 0 Å². The molecule has 0 radical (unpaired) electrons. The molecule has 0 aliphatic heterocycles. The van der Waals surface area contributed by atoms with Crippen LogP contribution in [-0.2, 0) is 9.59 Å². The summed E-state index contributed by atoms with van der Waals surface area (Å²) in [7, 11) is 0. The SMILES string of the molecule is CCCN(C(=O)[C@@H]1CCC[C@@H]1CN)C(C)C(=O)Nc1ccccc1.Cl. The van der Waals surface area contributed by atoms with Crippen molar-refractivity contribution in [1.82, 2.24) is 4.90 Å². The lowest BCUT2D eigenvalue weighted by molar-refractivity contribution is -0.142. The summed E-state index contributed by atoms with van der Waals surface area (Å²) >= 11 is 0. The molecule has 6 heteroatoms. The molecular formula is C19H30ClN3O2. The predicted octanol–water partition coefficient (Wildman–Crippen LogP) is 3.05. The number of benzene rings is 1. The van der Waals surface area contributed by atoms with Crippen LogP contribution in [-0.4, -0.2) is 35.8 Å². The number of rotatable bonds is 7. The topological polar surface area (TPSA) is 75.4 Å². The van der Waals surface area contributed by atoms with Crippen LogP contribution in [0.1, 0.15) is 39.5 Å². The molecule has 1 aliphatic rings. The Labute approximate surface area is 156 Å². The van der Waals surface area contributed by atoms with Crippen LogP contribution in [0.4, 0.5) is 5.69 Å². The van der Waals surface area contributed by atoms with Gasteiger partial charge in [0.05, 0.1) is 0 Å². The molecule has 25 heavy (non-hydrogen) atoms. The van der Waals surface area contributed by atoms with E-state index in [4.69, 9.17) is 5.73 Å². The quantitative estimate of drug-likeness (QED) is 0.777. The fourth-order valence-electron chi connectivity index (χ4n) is 3.50. The molecule has 0 spiro atoms. The van der Waals surface area contributed by atoms with Gasteiger partial charge in [0.25, 0.3) is 0 Å². The summed E-state index contributed by atoms with van der Waals surface area (Å²) in [5.41, 5.74) is 6.57. The number of hydrogen-bond acceptors (Lipinski definition) is 3. The summed E-state index contributed by atoms with van der Waals surface area (Å²) in [5.74, 6) is 0.153. The van der Waals surface area contributed by atoms with E-state index in [-0.39, 0.29) is 36.1 Å². The zero-order valence-electron chi connectivity index (χ0n) is 15.1. The molecule has 0 bridgehead atoms. The number of nitrogens with two attached hydrogens (primary N) is 1. The number of nitrogens with zero attached hydrogens (tertiary/aromatic N) is 1. The number of hydrogen-bond donors (Lipinski definition) is 2. The van der Waals surface area contributed by atoms with Crippen molar-refractivity contribution in [3.8, 4) is 0 Å². The average Bonchev–Trinajstić information content (AvgIpc) is 3.08. The van der Waals surface area contributed by atoms with Crippen molar-refractivity contribution >= 4 is 29.9 Å². The minimum absolute atomic E-state index is 0. The van der Waals surface area contributed by atoms with E-state index in [0.29, 0.717) is 13.1 Å². The summed E-state index contributed by atoms with van der Waals surface area (Å²) in [4.78, 5) is 27.3. The highest BCUT2D eigenvalue weighted by molar-refractivity contribution is 5.97. The Morgan fingerprint density at radius 1 is 1.28 bits per heavy atom. The molecule has 0 heterocycles. The molecule has 2 amide bonds. The van der Waals surface area contributed by atoms with Gasteiger partial charge in [0, 0.05) is 18.2 Å². The lowest BCUT2D eigenvalue weighted by Crippen LogP contribution is -2.49. The van der Waals surface area contributed by atoms with Gasteiger partial charge in [-0.1, -0.05) is 31.5 Å². The Morgan fingerprint density at radius 3 is 2.56 bits per heavy atom. The Morgan fingerprint density at radius 2 is 1.96 bits per heavy atom. The maximum Gasteiger partial charge on any atom is 0.246 e. The first-order chi connectivity index (χ1) is 11.6. The highest BCUT2D eigenvalue weighted by Crippen LogP contribution is 2.33. The van der Waals surface area contributed by atoms with E-state index in [9.17, 15) is 9.59 Å². The summed E-state index contributed by atoms with van der Waals surface area (Å²) in [5, 5.41) is 2.89. The van der Waals surface area contributed by atoms with Crippen molar-refractivity contribution in [1.29, 1.82) is 0 Å². The highest BCUT2D eigenvalue weighted by atomic mass is 35.5. The van der Waals surface area contributed by atoms with E-state index in [1.807, 2.05) is 37.3 Å². The molecule has 5 nitrogen and oxygen atoms in total. The second kappa shape index (κ2) is 10.4. The number of anilines is 1. The van der Waals surface area contributed by atoms with Gasteiger partial charge in [-0.2, -0.15) is 0 Å². The average molecular weight is 368 g/mol. The molecule has 1 fully saturated rings. The number of amides is 2. The Hall–Kier alpha value is -1.59. The van der Waals surface area contributed by atoms with Gasteiger partial charge in [0.15, 0.2) is 0 Å². The van der Waals surface area contributed by atoms with Crippen LogP contribution in [0.3, 0.4) is 0 Å². The number of nitrogens with one attached hydrogen (secondary N) is 1. The zero-order chi connectivity index (χ0) is 17.5. The fraction of sp³-hybridized carbons (Fsp3) is 0.579. The summed E-state index contributed by atoms with van der Waals surface area (Å²) in [6.07, 6.45) is 3.77. The zero-order valence-corrected chi connectivity index (χ0v) is 15.9. The minimum Gasteiger partial charge on any atom is -0.331 e. The predicted molar refractivity (Wildman–Crippen MR) is 104 cm³/mol. The molecule has 1 unspecified atom stereocenters. The van der Waals surface area contributed by atoms with Gasteiger partial charge in [0.1, 0.15) is 6.04 Å². The molecule has 140 valence electrons. The summed E-state index contributed by atoms with van der Waals surface area (Å²) in [6, 6.07) is 8.85. The molecular weight excluding hydrogens is 338 g/mol. The van der Waals surface area contributed by atoms with Crippen molar-refractivity contribution in [2.45, 2.75) is 45.6 Å². The number of para-hydroxylation sites is 1. The van der Waals surface area contributed by atoms with Gasteiger partial charge in [-0.15, -0.1) is 12.4 Å². The van der Waals surface area contributed by atoms with Gasteiger partial charge < -0.3 is 16.0 Å². The molecule has 2 rings (SSSR count). The molecule has 1 saturated carbocycles. The standard InChI is InChI=1S/C19H29N3O2.ClH/c1-3-12-22(19(24)17-11-7-8-15(17)13-20)14(2)18(23)21-16-9-5-4-6-10-16;/h4-6,9-10,14-15,17H,3,7-8,11-13,20H2,1-2H3,(H,21,23);1H/t14?,15-,17-;/m1./s1. The summed E-state index contributed by atoms with van der Waals surface area (Å²) < 4.78 is 0. The van der Waals surface area contributed by atoms with Gasteiger partial charge in [-0.25, -0.2) is 0 Å². The van der Waals surface area contributed by atoms with E-state index in [0.717, 1.165) is 31.4 Å². The van der Waals surface area contributed by atoms with Crippen LogP contribution in [0.25, 0.3) is 0 Å². The molecule has 3 atom stereocenters. The minimum atomic E-state index is -0.489. The fourth-order valence-corrected chi connectivity index (χ4v) is 3.50. The van der Waals surface area contributed by atoms with E-state index in [2.05, 4.69) is 5.32 Å². The van der Waals surface area contributed by atoms with E-state index in [1.165, 1.54) is 0 Å². The van der Waals surface area contributed by atoms with Crippen molar-refractivity contribution in [3.05, 3.63) is 30.3 Å². The molecule has 1 aromatic carbocycles. The van der Waals surface area contributed by atoms with Crippen LogP contribution in [0, 0.1) is 11.8 Å². The second-order valence-corrected chi connectivity index (χ2v) is 6.60. The Bertz CT molecular complexity index is 553. The number of carbonyl (C=O) groups is 2. The monoisotopic (exact) mass is 367 g/mol. The maximum absolute atomic E-state index is 13.0.